The molecule has 2 aromatic rings. The van der Waals surface area contributed by atoms with Crippen LogP contribution in [0.2, 0.25) is 0 Å². The van der Waals surface area contributed by atoms with E-state index in [0.717, 1.165) is 31.0 Å². The number of nitrogens with zero attached hydrogens (tertiary/aromatic N) is 3. The minimum absolute atomic E-state index is 0.314. The molecule has 0 bridgehead atoms. The molecule has 26 heavy (non-hydrogen) atoms. The maximum absolute atomic E-state index is 13.5. The largest absolute Gasteiger partial charge is 0.491 e. The number of hydrogen-bond acceptors (Lipinski definition) is 5. The first-order valence-corrected chi connectivity index (χ1v) is 8.97. The van der Waals surface area contributed by atoms with Crippen molar-refractivity contribution in [1.82, 2.24) is 9.97 Å². The molecular weight excluding hydrogens is 333 g/mol. The molecule has 2 heterocycles. The number of benzene rings is 1. The maximum Gasteiger partial charge on any atom is 0.258 e. The summed E-state index contributed by atoms with van der Waals surface area (Å²) in [6.45, 7) is 10.2. The normalized spacial score (nSPS) is 14.9. The molecule has 0 saturated carbocycles. The van der Waals surface area contributed by atoms with Gasteiger partial charge in [0.15, 0.2) is 17.4 Å². The summed E-state index contributed by atoms with van der Waals surface area (Å²) in [6.07, 6.45) is 2.60. The van der Waals surface area contributed by atoms with E-state index < -0.39 is 0 Å². The molecule has 0 spiro atoms. The van der Waals surface area contributed by atoms with Crippen LogP contribution in [-0.4, -0.2) is 35.3 Å². The van der Waals surface area contributed by atoms with Gasteiger partial charge in [0, 0.05) is 13.1 Å². The van der Waals surface area contributed by atoms with Crippen molar-refractivity contribution in [2.75, 3.05) is 24.6 Å². The van der Waals surface area contributed by atoms with Gasteiger partial charge in [0.2, 0.25) is 0 Å². The van der Waals surface area contributed by atoms with Crippen LogP contribution in [0.25, 0.3) is 0 Å². The highest BCUT2D eigenvalue weighted by atomic mass is 19.1. The van der Waals surface area contributed by atoms with E-state index >= 15 is 0 Å². The van der Waals surface area contributed by atoms with Gasteiger partial charge in [-0.15, -0.1) is 0 Å². The summed E-state index contributed by atoms with van der Waals surface area (Å²) in [5.74, 6) is 1.86. The third-order valence-electron chi connectivity index (χ3n) is 4.12. The van der Waals surface area contributed by atoms with E-state index in [2.05, 4.69) is 14.9 Å². The van der Waals surface area contributed by atoms with Crippen molar-refractivity contribution in [1.29, 1.82) is 0 Å². The highest BCUT2D eigenvalue weighted by molar-refractivity contribution is 5.51. The highest BCUT2D eigenvalue weighted by Crippen LogP contribution is 2.33. The molecule has 0 radical (unpaired) electrons. The van der Waals surface area contributed by atoms with E-state index in [1.807, 2.05) is 27.7 Å². The summed E-state index contributed by atoms with van der Waals surface area (Å²) in [5.41, 5.74) is 0.545. The van der Waals surface area contributed by atoms with Crippen LogP contribution in [0, 0.1) is 18.7 Å². The molecule has 0 N–H and O–H groups in total. The van der Waals surface area contributed by atoms with Crippen LogP contribution in [0.15, 0.2) is 30.5 Å². The zero-order valence-corrected chi connectivity index (χ0v) is 15.8. The number of aryl methyl sites for hydroxylation is 1. The molecule has 6 heteroatoms. The van der Waals surface area contributed by atoms with Crippen LogP contribution in [0.3, 0.4) is 0 Å². The minimum atomic E-state index is -0.323. The van der Waals surface area contributed by atoms with Gasteiger partial charge in [0.1, 0.15) is 5.60 Å². The number of ether oxygens (including phenoxy) is 2. The third kappa shape index (κ3) is 4.62. The fraction of sp³-hybridized carbons (Fsp3) is 0.500. The number of hydrogen-bond donors (Lipinski definition) is 0. The molecule has 0 atom stereocenters. The van der Waals surface area contributed by atoms with E-state index in [-0.39, 0.29) is 11.4 Å². The lowest BCUT2D eigenvalue weighted by molar-refractivity contribution is 0.123. The van der Waals surface area contributed by atoms with Gasteiger partial charge in [-0.25, -0.2) is 14.4 Å². The first kappa shape index (κ1) is 18.4. The van der Waals surface area contributed by atoms with Crippen LogP contribution >= 0.6 is 0 Å². The molecule has 0 aliphatic carbocycles. The summed E-state index contributed by atoms with van der Waals surface area (Å²) in [7, 11) is 0. The molecule has 1 aromatic carbocycles. The average Bonchev–Trinajstić information content (AvgIpc) is 2.52. The topological polar surface area (TPSA) is 47.5 Å². The van der Waals surface area contributed by atoms with Crippen LogP contribution < -0.4 is 14.4 Å². The Labute approximate surface area is 154 Å². The quantitative estimate of drug-likeness (QED) is 0.780. The van der Waals surface area contributed by atoms with Gasteiger partial charge >= 0.3 is 0 Å². The van der Waals surface area contributed by atoms with Gasteiger partial charge in [0.05, 0.1) is 18.5 Å². The summed E-state index contributed by atoms with van der Waals surface area (Å²) in [5, 5.41) is 0. The van der Waals surface area contributed by atoms with Crippen molar-refractivity contribution in [3.05, 3.63) is 42.0 Å². The van der Waals surface area contributed by atoms with E-state index in [4.69, 9.17) is 9.47 Å². The van der Waals surface area contributed by atoms with Gasteiger partial charge in [-0.1, -0.05) is 12.1 Å². The zero-order valence-electron chi connectivity index (χ0n) is 15.8. The zero-order chi connectivity index (χ0) is 18.7. The molecule has 0 unspecified atom stereocenters. The SMILES string of the molecule is Cc1cnc(OC(C)(C)C)c(N2CC(CCOc3ccccc3F)C2)n1. The van der Waals surface area contributed by atoms with E-state index in [0.29, 0.717) is 24.2 Å². The van der Waals surface area contributed by atoms with E-state index in [9.17, 15) is 4.39 Å². The molecule has 1 saturated heterocycles. The van der Waals surface area contributed by atoms with Gasteiger partial charge in [-0.05, 0) is 52.2 Å². The smallest absolute Gasteiger partial charge is 0.258 e. The molecule has 1 fully saturated rings. The first-order valence-electron chi connectivity index (χ1n) is 8.97. The van der Waals surface area contributed by atoms with Crippen molar-refractivity contribution >= 4 is 5.82 Å². The molecule has 1 aliphatic heterocycles. The first-order chi connectivity index (χ1) is 12.3. The second kappa shape index (κ2) is 7.48. The molecule has 140 valence electrons. The molecular formula is C20H26FN3O2. The van der Waals surface area contributed by atoms with Crippen LogP contribution in [0.1, 0.15) is 32.9 Å². The van der Waals surface area contributed by atoms with Crippen molar-refractivity contribution in [3.8, 4) is 11.6 Å². The van der Waals surface area contributed by atoms with Crippen molar-refractivity contribution in [2.24, 2.45) is 5.92 Å². The predicted molar refractivity (Wildman–Crippen MR) is 99.4 cm³/mol. The summed E-state index contributed by atoms with van der Waals surface area (Å²) >= 11 is 0. The Balaban J connectivity index is 1.53. The van der Waals surface area contributed by atoms with Crippen LogP contribution in [0.4, 0.5) is 10.2 Å². The van der Waals surface area contributed by atoms with E-state index in [1.165, 1.54) is 6.07 Å². The average molecular weight is 359 g/mol. The Hall–Kier alpha value is -2.37. The third-order valence-corrected chi connectivity index (χ3v) is 4.12. The lowest BCUT2D eigenvalue weighted by atomic mass is 9.97. The molecule has 1 aliphatic rings. The predicted octanol–water partition coefficient (Wildman–Crippen LogP) is 4.01. The molecule has 0 amide bonds. The number of aromatic nitrogens is 2. The van der Waals surface area contributed by atoms with Gasteiger partial charge in [-0.3, -0.25) is 0 Å². The highest BCUT2D eigenvalue weighted by Gasteiger charge is 2.31. The number of para-hydroxylation sites is 1. The number of rotatable bonds is 6. The Morgan fingerprint density at radius 3 is 2.65 bits per heavy atom. The lowest BCUT2D eigenvalue weighted by Crippen LogP contribution is -2.48. The molecule has 3 rings (SSSR count). The second-order valence-electron chi connectivity index (χ2n) is 7.69. The fourth-order valence-electron chi connectivity index (χ4n) is 2.84. The summed E-state index contributed by atoms with van der Waals surface area (Å²) in [4.78, 5) is 11.2. The maximum atomic E-state index is 13.5. The minimum Gasteiger partial charge on any atom is -0.491 e. The molecule has 1 aromatic heterocycles. The Kier molecular flexibility index (Phi) is 5.30. The molecule has 5 nitrogen and oxygen atoms in total. The standard InChI is InChI=1S/C20H26FN3O2/c1-14-11-22-19(26-20(2,3)4)18(23-14)24-12-15(13-24)9-10-25-17-8-6-5-7-16(17)21/h5-8,11,15H,9-10,12-13H2,1-4H3. The van der Waals surface area contributed by atoms with Crippen LogP contribution in [-0.2, 0) is 0 Å². The monoisotopic (exact) mass is 359 g/mol. The second-order valence-corrected chi connectivity index (χ2v) is 7.69. The summed E-state index contributed by atoms with van der Waals surface area (Å²) in [6, 6.07) is 6.50. The van der Waals surface area contributed by atoms with Gasteiger partial charge < -0.3 is 14.4 Å². The Morgan fingerprint density at radius 1 is 1.23 bits per heavy atom. The lowest BCUT2D eigenvalue weighted by Gasteiger charge is -2.41. The fourth-order valence-corrected chi connectivity index (χ4v) is 2.84. The summed E-state index contributed by atoms with van der Waals surface area (Å²) < 4.78 is 25.0. The van der Waals surface area contributed by atoms with Gasteiger partial charge in [0.25, 0.3) is 5.88 Å². The number of halogens is 1. The Morgan fingerprint density at radius 2 is 1.96 bits per heavy atom. The van der Waals surface area contributed by atoms with Crippen molar-refractivity contribution < 1.29 is 13.9 Å². The van der Waals surface area contributed by atoms with Gasteiger partial charge in [-0.2, -0.15) is 0 Å². The van der Waals surface area contributed by atoms with E-state index in [1.54, 1.807) is 24.4 Å². The van der Waals surface area contributed by atoms with Crippen LogP contribution in [0.5, 0.6) is 11.6 Å². The van der Waals surface area contributed by atoms with Crippen molar-refractivity contribution in [3.63, 3.8) is 0 Å². The number of anilines is 1. The Bertz CT molecular complexity index is 755. The van der Waals surface area contributed by atoms with Crippen molar-refractivity contribution in [2.45, 2.75) is 39.7 Å².